The van der Waals surface area contributed by atoms with Gasteiger partial charge in [0.1, 0.15) is 5.82 Å². The maximum absolute atomic E-state index is 13.1. The molecule has 17 heavy (non-hydrogen) atoms. The van der Waals surface area contributed by atoms with Crippen molar-refractivity contribution in [2.24, 2.45) is 5.92 Å². The van der Waals surface area contributed by atoms with Gasteiger partial charge in [0.15, 0.2) is 0 Å². The van der Waals surface area contributed by atoms with Crippen molar-refractivity contribution in [2.45, 2.75) is 25.4 Å². The number of benzene rings is 1. The maximum Gasteiger partial charge on any atom is 0.123 e. The Morgan fingerprint density at radius 2 is 2.35 bits per heavy atom. The molecule has 4 heteroatoms. The van der Waals surface area contributed by atoms with Crippen molar-refractivity contribution < 1.29 is 14.2 Å². The lowest BCUT2D eigenvalue weighted by molar-refractivity contribution is -0.00853. The first kappa shape index (κ1) is 13.0. The molecule has 0 radical (unpaired) electrons. The summed E-state index contributed by atoms with van der Waals surface area (Å²) in [5.41, 5.74) is 0.808. The van der Waals surface area contributed by atoms with Crippen LogP contribution in [0.2, 0.25) is 0 Å². The molecular formula is C13H16BrFO2. The molecule has 0 aliphatic carbocycles. The SMILES string of the molecule is OC(Cc1cc(F)ccc1Br)C1CCCOC1. The minimum atomic E-state index is -0.464. The first-order valence-electron chi connectivity index (χ1n) is 5.86. The van der Waals surface area contributed by atoms with Crippen LogP contribution in [0.3, 0.4) is 0 Å². The van der Waals surface area contributed by atoms with Gasteiger partial charge < -0.3 is 9.84 Å². The lowest BCUT2D eigenvalue weighted by atomic mass is 9.91. The van der Waals surface area contributed by atoms with E-state index in [1.54, 1.807) is 6.07 Å². The lowest BCUT2D eigenvalue weighted by Crippen LogP contribution is -2.30. The second-order valence-electron chi connectivity index (χ2n) is 4.48. The average Bonchev–Trinajstić information content (AvgIpc) is 2.35. The van der Waals surface area contributed by atoms with E-state index in [0.29, 0.717) is 13.0 Å². The standard InChI is InChI=1S/C13H16BrFO2/c14-12-4-3-11(15)6-10(12)7-13(16)9-2-1-5-17-8-9/h3-4,6,9,13,16H,1-2,5,7-8H2. The fourth-order valence-electron chi connectivity index (χ4n) is 2.16. The van der Waals surface area contributed by atoms with Gasteiger partial charge in [0.2, 0.25) is 0 Å². The molecule has 1 aliphatic rings. The third-order valence-corrected chi connectivity index (χ3v) is 3.95. The van der Waals surface area contributed by atoms with Gasteiger partial charge in [0.25, 0.3) is 0 Å². The van der Waals surface area contributed by atoms with Crippen molar-refractivity contribution >= 4 is 15.9 Å². The molecular weight excluding hydrogens is 287 g/mol. The summed E-state index contributed by atoms with van der Waals surface area (Å²) in [7, 11) is 0. The molecule has 1 aliphatic heterocycles. The Bertz CT molecular complexity index is 378. The third kappa shape index (κ3) is 3.50. The van der Waals surface area contributed by atoms with Crippen molar-refractivity contribution in [3.05, 3.63) is 34.1 Å². The molecule has 1 aromatic carbocycles. The molecule has 1 aromatic rings. The van der Waals surface area contributed by atoms with Gasteiger partial charge in [-0.3, -0.25) is 0 Å². The second kappa shape index (κ2) is 5.94. The van der Waals surface area contributed by atoms with Crippen molar-refractivity contribution in [1.82, 2.24) is 0 Å². The molecule has 0 aromatic heterocycles. The molecule has 0 saturated carbocycles. The van der Waals surface area contributed by atoms with E-state index in [1.165, 1.54) is 12.1 Å². The molecule has 0 amide bonds. The topological polar surface area (TPSA) is 29.5 Å². The smallest absolute Gasteiger partial charge is 0.123 e. The highest BCUT2D eigenvalue weighted by molar-refractivity contribution is 9.10. The van der Waals surface area contributed by atoms with E-state index in [-0.39, 0.29) is 11.7 Å². The van der Waals surface area contributed by atoms with Gasteiger partial charge in [-0.1, -0.05) is 15.9 Å². The highest BCUT2D eigenvalue weighted by Crippen LogP contribution is 2.24. The lowest BCUT2D eigenvalue weighted by Gasteiger charge is -2.27. The zero-order chi connectivity index (χ0) is 12.3. The summed E-state index contributed by atoms with van der Waals surface area (Å²) in [4.78, 5) is 0. The van der Waals surface area contributed by atoms with Crippen LogP contribution in [0.25, 0.3) is 0 Å². The zero-order valence-electron chi connectivity index (χ0n) is 9.53. The first-order chi connectivity index (χ1) is 8.16. The number of rotatable bonds is 3. The van der Waals surface area contributed by atoms with Crippen LogP contribution in [0.4, 0.5) is 4.39 Å². The van der Waals surface area contributed by atoms with Crippen LogP contribution in [0.5, 0.6) is 0 Å². The van der Waals surface area contributed by atoms with Crippen LogP contribution in [0, 0.1) is 11.7 Å². The normalized spacial score (nSPS) is 22.4. The molecule has 2 unspecified atom stereocenters. The minimum Gasteiger partial charge on any atom is -0.392 e. The Morgan fingerprint density at radius 3 is 3.06 bits per heavy atom. The van der Waals surface area contributed by atoms with Crippen molar-refractivity contribution in [2.75, 3.05) is 13.2 Å². The fourth-order valence-corrected chi connectivity index (χ4v) is 2.57. The number of halogens is 2. The highest BCUT2D eigenvalue weighted by atomic mass is 79.9. The zero-order valence-corrected chi connectivity index (χ0v) is 11.1. The molecule has 1 fully saturated rings. The average molecular weight is 303 g/mol. The Labute approximate surface area is 109 Å². The van der Waals surface area contributed by atoms with Crippen LogP contribution in [-0.4, -0.2) is 24.4 Å². The van der Waals surface area contributed by atoms with E-state index < -0.39 is 6.10 Å². The van der Waals surface area contributed by atoms with Crippen LogP contribution in [-0.2, 0) is 11.2 Å². The molecule has 1 N–H and O–H groups in total. The second-order valence-corrected chi connectivity index (χ2v) is 5.34. The third-order valence-electron chi connectivity index (χ3n) is 3.18. The van der Waals surface area contributed by atoms with Gasteiger partial charge in [-0.15, -0.1) is 0 Å². The van der Waals surface area contributed by atoms with E-state index in [0.717, 1.165) is 29.5 Å². The minimum absolute atomic E-state index is 0.166. The fraction of sp³-hybridized carbons (Fsp3) is 0.538. The summed E-state index contributed by atoms with van der Waals surface area (Å²) in [6.07, 6.45) is 1.97. The number of hydrogen-bond donors (Lipinski definition) is 1. The van der Waals surface area contributed by atoms with Crippen LogP contribution >= 0.6 is 15.9 Å². The summed E-state index contributed by atoms with van der Waals surface area (Å²) in [6, 6.07) is 4.55. The molecule has 1 heterocycles. The van der Waals surface area contributed by atoms with Crippen LogP contribution in [0.1, 0.15) is 18.4 Å². The largest absolute Gasteiger partial charge is 0.392 e. The summed E-state index contributed by atoms with van der Waals surface area (Å²) in [5.74, 6) is -0.103. The van der Waals surface area contributed by atoms with Crippen molar-refractivity contribution in [3.8, 4) is 0 Å². The van der Waals surface area contributed by atoms with Crippen molar-refractivity contribution in [1.29, 1.82) is 0 Å². The van der Waals surface area contributed by atoms with Gasteiger partial charge in [-0.25, -0.2) is 4.39 Å². The van der Waals surface area contributed by atoms with E-state index in [9.17, 15) is 9.50 Å². The number of aliphatic hydroxyl groups is 1. The molecule has 0 spiro atoms. The van der Waals surface area contributed by atoms with Gasteiger partial charge in [0.05, 0.1) is 12.7 Å². The van der Waals surface area contributed by atoms with E-state index in [1.807, 2.05) is 0 Å². The molecule has 2 rings (SSSR count). The summed E-state index contributed by atoms with van der Waals surface area (Å²) < 4.78 is 19.3. The Balaban J connectivity index is 2.01. The molecule has 2 nitrogen and oxygen atoms in total. The molecule has 94 valence electrons. The van der Waals surface area contributed by atoms with Crippen molar-refractivity contribution in [3.63, 3.8) is 0 Å². The molecule has 0 bridgehead atoms. The van der Waals surface area contributed by atoms with Crippen LogP contribution < -0.4 is 0 Å². The number of hydrogen-bond acceptors (Lipinski definition) is 2. The Kier molecular flexibility index (Phi) is 4.54. The first-order valence-corrected chi connectivity index (χ1v) is 6.66. The number of aliphatic hydroxyl groups excluding tert-OH is 1. The summed E-state index contributed by atoms with van der Waals surface area (Å²) in [5, 5.41) is 10.1. The summed E-state index contributed by atoms with van der Waals surface area (Å²) >= 11 is 3.37. The van der Waals surface area contributed by atoms with Gasteiger partial charge >= 0.3 is 0 Å². The highest BCUT2D eigenvalue weighted by Gasteiger charge is 2.23. The predicted octanol–water partition coefficient (Wildman–Crippen LogP) is 2.92. The summed E-state index contributed by atoms with van der Waals surface area (Å²) in [6.45, 7) is 1.39. The van der Waals surface area contributed by atoms with E-state index in [4.69, 9.17) is 4.74 Å². The quantitative estimate of drug-likeness (QED) is 0.930. The monoisotopic (exact) mass is 302 g/mol. The predicted molar refractivity (Wildman–Crippen MR) is 67.4 cm³/mol. The Hall–Kier alpha value is -0.450. The van der Waals surface area contributed by atoms with E-state index >= 15 is 0 Å². The van der Waals surface area contributed by atoms with Gasteiger partial charge in [-0.05, 0) is 43.0 Å². The Morgan fingerprint density at radius 1 is 1.53 bits per heavy atom. The molecule has 2 atom stereocenters. The molecule has 1 saturated heterocycles. The van der Waals surface area contributed by atoms with Crippen LogP contribution in [0.15, 0.2) is 22.7 Å². The number of ether oxygens (including phenoxy) is 1. The van der Waals surface area contributed by atoms with E-state index in [2.05, 4.69) is 15.9 Å². The maximum atomic E-state index is 13.1. The van der Waals surface area contributed by atoms with Gasteiger partial charge in [0, 0.05) is 17.0 Å². The van der Waals surface area contributed by atoms with Gasteiger partial charge in [-0.2, -0.15) is 0 Å².